The Labute approximate surface area is 165 Å². The van der Waals surface area contributed by atoms with Gasteiger partial charge in [-0.05, 0) is 64.5 Å². The van der Waals surface area contributed by atoms with Crippen LogP contribution in [0.3, 0.4) is 0 Å². The number of hydrogen-bond acceptors (Lipinski definition) is 4. The van der Waals surface area contributed by atoms with Crippen molar-refractivity contribution in [3.8, 4) is 0 Å². The molecule has 0 saturated carbocycles. The van der Waals surface area contributed by atoms with Crippen LogP contribution in [0.2, 0.25) is 0 Å². The Balaban J connectivity index is 2.01. The van der Waals surface area contributed by atoms with Crippen LogP contribution < -0.4 is 10.6 Å². The molecule has 0 aliphatic carbocycles. The molecule has 0 amide bonds. The van der Waals surface area contributed by atoms with Gasteiger partial charge in [0.25, 0.3) is 0 Å². The maximum atomic E-state index is 5.75. The van der Waals surface area contributed by atoms with Gasteiger partial charge in [-0.3, -0.25) is 9.89 Å². The lowest BCUT2D eigenvalue weighted by Gasteiger charge is -2.34. The van der Waals surface area contributed by atoms with Gasteiger partial charge < -0.3 is 20.0 Å². The average molecular weight is 378 g/mol. The SMILES string of the molecule is CCNC(=NCC(C)(C)CN(C)C)NCC(c1ccco1)N1CCCCC1. The van der Waals surface area contributed by atoms with Crippen molar-refractivity contribution >= 4 is 5.96 Å². The van der Waals surface area contributed by atoms with Gasteiger partial charge in [0.15, 0.2) is 5.96 Å². The number of guanidine groups is 1. The van der Waals surface area contributed by atoms with E-state index in [0.29, 0.717) is 0 Å². The van der Waals surface area contributed by atoms with Gasteiger partial charge in [-0.2, -0.15) is 0 Å². The van der Waals surface area contributed by atoms with Gasteiger partial charge >= 0.3 is 0 Å². The van der Waals surface area contributed by atoms with Gasteiger partial charge in [0.05, 0.1) is 12.3 Å². The van der Waals surface area contributed by atoms with Crippen LogP contribution in [-0.2, 0) is 0 Å². The molecule has 2 rings (SSSR count). The fourth-order valence-electron chi connectivity index (χ4n) is 3.85. The summed E-state index contributed by atoms with van der Waals surface area (Å²) in [7, 11) is 4.23. The summed E-state index contributed by atoms with van der Waals surface area (Å²) in [6.45, 7) is 12.4. The van der Waals surface area contributed by atoms with Crippen molar-refractivity contribution in [2.24, 2.45) is 10.4 Å². The summed E-state index contributed by atoms with van der Waals surface area (Å²) in [6, 6.07) is 4.32. The van der Waals surface area contributed by atoms with Crippen LogP contribution in [0.15, 0.2) is 27.8 Å². The summed E-state index contributed by atoms with van der Waals surface area (Å²) >= 11 is 0. The highest BCUT2D eigenvalue weighted by Crippen LogP contribution is 2.24. The first-order valence-electron chi connectivity index (χ1n) is 10.4. The fraction of sp³-hybridized carbons (Fsp3) is 0.762. The number of piperidine rings is 1. The lowest BCUT2D eigenvalue weighted by molar-refractivity contribution is 0.146. The van der Waals surface area contributed by atoms with Crippen molar-refractivity contribution in [2.75, 3.05) is 53.4 Å². The number of aliphatic imine (C=N–C) groups is 1. The number of nitrogens with zero attached hydrogens (tertiary/aromatic N) is 3. The number of furan rings is 1. The molecule has 2 N–H and O–H groups in total. The molecule has 0 bridgehead atoms. The molecular weight excluding hydrogens is 338 g/mol. The van der Waals surface area contributed by atoms with E-state index in [0.717, 1.165) is 51.0 Å². The highest BCUT2D eigenvalue weighted by Gasteiger charge is 2.25. The van der Waals surface area contributed by atoms with E-state index in [9.17, 15) is 0 Å². The quantitative estimate of drug-likeness (QED) is 0.512. The molecule has 1 aliphatic rings. The fourth-order valence-corrected chi connectivity index (χ4v) is 3.85. The zero-order valence-electron chi connectivity index (χ0n) is 17.9. The number of likely N-dealkylation sites (tertiary alicyclic amines) is 1. The van der Waals surface area contributed by atoms with Crippen molar-refractivity contribution < 1.29 is 4.42 Å². The van der Waals surface area contributed by atoms with E-state index in [-0.39, 0.29) is 11.5 Å². The molecule has 6 nitrogen and oxygen atoms in total. The van der Waals surface area contributed by atoms with E-state index in [1.807, 2.05) is 6.07 Å². The summed E-state index contributed by atoms with van der Waals surface area (Å²) < 4.78 is 5.75. The second-order valence-electron chi connectivity index (χ2n) is 8.61. The minimum Gasteiger partial charge on any atom is -0.468 e. The van der Waals surface area contributed by atoms with Crippen LogP contribution in [0.5, 0.6) is 0 Å². The predicted octanol–water partition coefficient (Wildman–Crippen LogP) is 2.95. The molecule has 1 aromatic rings. The van der Waals surface area contributed by atoms with Crippen LogP contribution in [0.4, 0.5) is 0 Å². The predicted molar refractivity (Wildman–Crippen MR) is 113 cm³/mol. The van der Waals surface area contributed by atoms with Crippen molar-refractivity contribution in [2.45, 2.75) is 46.1 Å². The molecule has 6 heteroatoms. The third-order valence-electron chi connectivity index (χ3n) is 4.92. The normalized spacial score (nSPS) is 17.9. The van der Waals surface area contributed by atoms with Gasteiger partial charge in [-0.1, -0.05) is 20.3 Å². The molecule has 1 saturated heterocycles. The van der Waals surface area contributed by atoms with E-state index >= 15 is 0 Å². The molecule has 0 spiro atoms. The zero-order chi connectivity index (χ0) is 19.7. The van der Waals surface area contributed by atoms with Crippen LogP contribution in [0.1, 0.15) is 51.8 Å². The molecule has 1 aromatic heterocycles. The number of nitrogens with one attached hydrogen (secondary N) is 2. The molecule has 1 aliphatic heterocycles. The summed E-state index contributed by atoms with van der Waals surface area (Å²) in [5.41, 5.74) is 0.138. The Bertz CT molecular complexity index is 547. The summed E-state index contributed by atoms with van der Waals surface area (Å²) in [5, 5.41) is 6.94. The van der Waals surface area contributed by atoms with Gasteiger partial charge in [0.2, 0.25) is 0 Å². The van der Waals surface area contributed by atoms with E-state index < -0.39 is 0 Å². The lowest BCUT2D eigenvalue weighted by Crippen LogP contribution is -2.45. The minimum atomic E-state index is 0.138. The second-order valence-corrected chi connectivity index (χ2v) is 8.61. The van der Waals surface area contributed by atoms with E-state index in [4.69, 9.17) is 9.41 Å². The van der Waals surface area contributed by atoms with Gasteiger partial charge in [0.1, 0.15) is 5.76 Å². The van der Waals surface area contributed by atoms with Gasteiger partial charge in [0, 0.05) is 26.2 Å². The molecule has 1 atom stereocenters. The maximum absolute atomic E-state index is 5.75. The van der Waals surface area contributed by atoms with Crippen molar-refractivity contribution in [1.29, 1.82) is 0 Å². The van der Waals surface area contributed by atoms with Crippen molar-refractivity contribution in [1.82, 2.24) is 20.4 Å². The maximum Gasteiger partial charge on any atom is 0.191 e. The van der Waals surface area contributed by atoms with Crippen molar-refractivity contribution in [3.63, 3.8) is 0 Å². The topological polar surface area (TPSA) is 56.0 Å². The van der Waals surface area contributed by atoms with Gasteiger partial charge in [-0.25, -0.2) is 0 Å². The highest BCUT2D eigenvalue weighted by atomic mass is 16.3. The minimum absolute atomic E-state index is 0.138. The average Bonchev–Trinajstić information content (AvgIpc) is 3.14. The highest BCUT2D eigenvalue weighted by molar-refractivity contribution is 5.79. The lowest BCUT2D eigenvalue weighted by atomic mass is 9.93. The standard InChI is InChI=1S/C21H39N5O/c1-6-22-20(24-16-21(2,3)17-25(4)5)23-15-18(19-11-10-14-27-19)26-12-8-7-9-13-26/h10-11,14,18H,6-9,12-13,15-17H2,1-5H3,(H2,22,23,24). The smallest absolute Gasteiger partial charge is 0.191 e. The molecule has 1 fully saturated rings. The largest absolute Gasteiger partial charge is 0.468 e. The van der Waals surface area contributed by atoms with Gasteiger partial charge in [-0.15, -0.1) is 0 Å². The molecule has 0 radical (unpaired) electrons. The Kier molecular flexibility index (Phi) is 8.64. The summed E-state index contributed by atoms with van der Waals surface area (Å²) in [4.78, 5) is 9.61. The second kappa shape index (κ2) is 10.7. The third-order valence-corrected chi connectivity index (χ3v) is 4.92. The molecule has 1 unspecified atom stereocenters. The van der Waals surface area contributed by atoms with E-state index in [1.54, 1.807) is 6.26 Å². The zero-order valence-corrected chi connectivity index (χ0v) is 17.9. The Hall–Kier alpha value is -1.53. The monoisotopic (exact) mass is 377 g/mol. The van der Waals surface area contributed by atoms with Crippen molar-refractivity contribution in [3.05, 3.63) is 24.2 Å². The Morgan fingerprint density at radius 2 is 2.00 bits per heavy atom. The summed E-state index contributed by atoms with van der Waals surface area (Å²) in [6.07, 6.45) is 5.64. The van der Waals surface area contributed by atoms with Crippen LogP contribution in [-0.4, -0.2) is 69.1 Å². The Morgan fingerprint density at radius 1 is 1.26 bits per heavy atom. The first-order chi connectivity index (χ1) is 12.9. The molecule has 154 valence electrons. The first-order valence-corrected chi connectivity index (χ1v) is 10.4. The first kappa shape index (κ1) is 21.8. The molecular formula is C21H39N5O. The van der Waals surface area contributed by atoms with Crippen LogP contribution >= 0.6 is 0 Å². The van der Waals surface area contributed by atoms with E-state index in [2.05, 4.69) is 61.4 Å². The Morgan fingerprint density at radius 3 is 2.59 bits per heavy atom. The third kappa shape index (κ3) is 7.54. The molecule has 2 heterocycles. The summed E-state index contributed by atoms with van der Waals surface area (Å²) in [5.74, 6) is 1.92. The number of hydrogen-bond donors (Lipinski definition) is 2. The molecule has 27 heavy (non-hydrogen) atoms. The van der Waals surface area contributed by atoms with Crippen LogP contribution in [0, 0.1) is 5.41 Å². The molecule has 0 aromatic carbocycles. The van der Waals surface area contributed by atoms with E-state index in [1.165, 1.54) is 19.3 Å². The van der Waals surface area contributed by atoms with Crippen LogP contribution in [0.25, 0.3) is 0 Å². The number of rotatable bonds is 9.